The summed E-state index contributed by atoms with van der Waals surface area (Å²) in [5.74, 6) is 0.882. The number of ether oxygens (including phenoxy) is 2. The number of halogens is 1. The van der Waals surface area contributed by atoms with Crippen molar-refractivity contribution in [1.82, 2.24) is 9.62 Å². The van der Waals surface area contributed by atoms with Gasteiger partial charge < -0.3 is 14.4 Å². The van der Waals surface area contributed by atoms with E-state index in [0.29, 0.717) is 17.1 Å². The summed E-state index contributed by atoms with van der Waals surface area (Å²) in [5.41, 5.74) is 2.49. The number of anilines is 1. The molecular formula is C26H28FN3O4S. The lowest BCUT2D eigenvalue weighted by Gasteiger charge is -2.40. The molecule has 0 aliphatic carbocycles. The second-order valence-electron chi connectivity index (χ2n) is 8.75. The molecule has 2 aliphatic rings. The van der Waals surface area contributed by atoms with Crippen molar-refractivity contribution in [3.8, 4) is 11.5 Å². The van der Waals surface area contributed by atoms with Crippen LogP contribution >= 0.6 is 0 Å². The molecule has 3 aromatic carbocycles. The first-order chi connectivity index (χ1) is 16.9. The molecule has 7 nitrogen and oxygen atoms in total. The SMILES string of the molecule is Cc1cc(F)ccc1S(=O)(=O)NCC(c1ccc2c(c1)OCO2)N1CCN(c2ccccc2)CC1. The highest BCUT2D eigenvalue weighted by Crippen LogP contribution is 2.36. The van der Waals surface area contributed by atoms with Gasteiger partial charge in [0, 0.05) is 44.5 Å². The number of hydrogen-bond acceptors (Lipinski definition) is 6. The molecule has 0 radical (unpaired) electrons. The van der Waals surface area contributed by atoms with E-state index in [-0.39, 0.29) is 24.3 Å². The lowest BCUT2D eigenvalue weighted by atomic mass is 10.0. The number of hydrogen-bond donors (Lipinski definition) is 1. The number of nitrogens with one attached hydrogen (secondary N) is 1. The molecule has 3 aromatic rings. The van der Waals surface area contributed by atoms with E-state index in [0.717, 1.165) is 31.7 Å². The first kappa shape index (κ1) is 23.6. The molecule has 0 spiro atoms. The monoisotopic (exact) mass is 497 g/mol. The Kier molecular flexibility index (Phi) is 6.64. The number of piperazine rings is 1. The predicted molar refractivity (Wildman–Crippen MR) is 132 cm³/mol. The number of para-hydroxylation sites is 1. The largest absolute Gasteiger partial charge is 0.454 e. The van der Waals surface area contributed by atoms with E-state index in [2.05, 4.69) is 26.7 Å². The highest BCUT2D eigenvalue weighted by molar-refractivity contribution is 7.89. The zero-order valence-corrected chi connectivity index (χ0v) is 20.3. The van der Waals surface area contributed by atoms with Gasteiger partial charge in [0.2, 0.25) is 16.8 Å². The maximum atomic E-state index is 13.5. The summed E-state index contributed by atoms with van der Waals surface area (Å²) in [6, 6.07) is 19.5. The second kappa shape index (κ2) is 9.85. The maximum Gasteiger partial charge on any atom is 0.240 e. The van der Waals surface area contributed by atoms with Crippen LogP contribution in [0.15, 0.2) is 71.6 Å². The van der Waals surface area contributed by atoms with Crippen LogP contribution in [-0.4, -0.2) is 52.8 Å². The molecule has 35 heavy (non-hydrogen) atoms. The zero-order valence-electron chi connectivity index (χ0n) is 19.5. The third-order valence-corrected chi connectivity index (χ3v) is 8.13. The van der Waals surface area contributed by atoms with E-state index in [1.165, 1.54) is 23.9 Å². The quantitative estimate of drug-likeness (QED) is 0.537. The van der Waals surface area contributed by atoms with Gasteiger partial charge in [0.05, 0.1) is 4.90 Å². The van der Waals surface area contributed by atoms with Crippen molar-refractivity contribution in [2.75, 3.05) is 44.4 Å². The van der Waals surface area contributed by atoms with Gasteiger partial charge in [-0.2, -0.15) is 0 Å². The van der Waals surface area contributed by atoms with Crippen molar-refractivity contribution in [2.24, 2.45) is 0 Å². The summed E-state index contributed by atoms with van der Waals surface area (Å²) >= 11 is 0. The maximum absolute atomic E-state index is 13.5. The van der Waals surface area contributed by atoms with Gasteiger partial charge in [0.15, 0.2) is 11.5 Å². The molecule has 1 atom stereocenters. The van der Waals surface area contributed by atoms with Crippen LogP contribution in [0.5, 0.6) is 11.5 Å². The normalized spacial score (nSPS) is 16.9. The Hall–Kier alpha value is -3.14. The van der Waals surface area contributed by atoms with E-state index in [1.807, 2.05) is 36.4 Å². The van der Waals surface area contributed by atoms with E-state index in [4.69, 9.17) is 9.47 Å². The molecule has 1 saturated heterocycles. The van der Waals surface area contributed by atoms with Gasteiger partial charge in [0.25, 0.3) is 0 Å². The molecule has 0 amide bonds. The Labute approximate surface area is 205 Å². The lowest BCUT2D eigenvalue weighted by Crippen LogP contribution is -2.49. The molecule has 1 fully saturated rings. The van der Waals surface area contributed by atoms with Crippen molar-refractivity contribution in [3.63, 3.8) is 0 Å². The molecule has 9 heteroatoms. The third kappa shape index (κ3) is 5.12. The summed E-state index contributed by atoms with van der Waals surface area (Å²) in [5, 5.41) is 0. The van der Waals surface area contributed by atoms with Crippen LogP contribution in [0, 0.1) is 12.7 Å². The van der Waals surface area contributed by atoms with Crippen LogP contribution < -0.4 is 19.1 Å². The first-order valence-electron chi connectivity index (χ1n) is 11.6. The molecular weight excluding hydrogens is 469 g/mol. The Morgan fingerprint density at radius 3 is 2.43 bits per heavy atom. The molecule has 184 valence electrons. The minimum atomic E-state index is -3.82. The smallest absolute Gasteiger partial charge is 0.240 e. The molecule has 2 aliphatic heterocycles. The average molecular weight is 498 g/mol. The van der Waals surface area contributed by atoms with E-state index < -0.39 is 15.8 Å². The first-order valence-corrected chi connectivity index (χ1v) is 13.1. The van der Waals surface area contributed by atoms with Crippen molar-refractivity contribution in [3.05, 3.63) is 83.7 Å². The molecule has 0 saturated carbocycles. The summed E-state index contributed by atoms with van der Waals surface area (Å²) in [4.78, 5) is 4.70. The minimum absolute atomic E-state index is 0.0808. The van der Waals surface area contributed by atoms with Gasteiger partial charge in [-0.15, -0.1) is 0 Å². The molecule has 2 heterocycles. The van der Waals surface area contributed by atoms with Gasteiger partial charge >= 0.3 is 0 Å². The summed E-state index contributed by atoms with van der Waals surface area (Å²) in [6.07, 6.45) is 0. The Balaban J connectivity index is 1.37. The van der Waals surface area contributed by atoms with E-state index in [1.54, 1.807) is 6.92 Å². The molecule has 5 rings (SSSR count). The highest BCUT2D eigenvalue weighted by Gasteiger charge is 2.29. The predicted octanol–water partition coefficient (Wildman–Crippen LogP) is 3.70. The van der Waals surface area contributed by atoms with Crippen LogP contribution in [0.2, 0.25) is 0 Å². The number of nitrogens with zero attached hydrogens (tertiary/aromatic N) is 2. The fraction of sp³-hybridized carbons (Fsp3) is 0.308. The third-order valence-electron chi connectivity index (χ3n) is 6.55. The zero-order chi connectivity index (χ0) is 24.4. The summed E-state index contributed by atoms with van der Waals surface area (Å²) in [7, 11) is -3.82. The van der Waals surface area contributed by atoms with Gasteiger partial charge in [0.1, 0.15) is 5.82 Å². The molecule has 0 bridgehead atoms. The van der Waals surface area contributed by atoms with Crippen LogP contribution in [0.25, 0.3) is 0 Å². The van der Waals surface area contributed by atoms with Gasteiger partial charge in [-0.1, -0.05) is 24.3 Å². The number of rotatable bonds is 7. The van der Waals surface area contributed by atoms with Crippen LogP contribution in [0.4, 0.5) is 10.1 Å². The van der Waals surface area contributed by atoms with Crippen LogP contribution in [-0.2, 0) is 10.0 Å². The van der Waals surface area contributed by atoms with Gasteiger partial charge in [-0.25, -0.2) is 17.5 Å². The second-order valence-corrected chi connectivity index (χ2v) is 10.5. The Morgan fingerprint density at radius 2 is 1.69 bits per heavy atom. The molecule has 0 aromatic heterocycles. The Morgan fingerprint density at radius 1 is 0.943 bits per heavy atom. The number of benzene rings is 3. The average Bonchev–Trinajstić information content (AvgIpc) is 3.33. The number of aryl methyl sites for hydroxylation is 1. The topological polar surface area (TPSA) is 71.1 Å². The fourth-order valence-electron chi connectivity index (χ4n) is 4.69. The summed E-state index contributed by atoms with van der Waals surface area (Å²) < 4.78 is 53.5. The standard InChI is InChI=1S/C26H28FN3O4S/c1-19-15-21(27)8-10-26(19)35(31,32)28-17-23(20-7-9-24-25(16-20)34-18-33-24)30-13-11-29(12-14-30)22-5-3-2-4-6-22/h2-10,15-16,23,28H,11-14,17-18H2,1H3. The fourth-order valence-corrected chi connectivity index (χ4v) is 5.95. The van der Waals surface area contributed by atoms with Crippen molar-refractivity contribution in [2.45, 2.75) is 17.9 Å². The van der Waals surface area contributed by atoms with Crippen LogP contribution in [0.3, 0.4) is 0 Å². The molecule has 1 unspecified atom stereocenters. The van der Waals surface area contributed by atoms with Crippen molar-refractivity contribution < 1.29 is 22.3 Å². The number of sulfonamides is 1. The van der Waals surface area contributed by atoms with Crippen molar-refractivity contribution in [1.29, 1.82) is 0 Å². The van der Waals surface area contributed by atoms with E-state index >= 15 is 0 Å². The van der Waals surface area contributed by atoms with Gasteiger partial charge in [-0.05, 0) is 60.5 Å². The highest BCUT2D eigenvalue weighted by atomic mass is 32.2. The molecule has 1 N–H and O–H groups in total. The van der Waals surface area contributed by atoms with Crippen molar-refractivity contribution >= 4 is 15.7 Å². The Bertz CT molecular complexity index is 1300. The lowest BCUT2D eigenvalue weighted by molar-refractivity contribution is 0.173. The van der Waals surface area contributed by atoms with E-state index in [9.17, 15) is 12.8 Å². The van der Waals surface area contributed by atoms with Crippen LogP contribution in [0.1, 0.15) is 17.2 Å². The van der Waals surface area contributed by atoms with Gasteiger partial charge in [-0.3, -0.25) is 4.90 Å². The minimum Gasteiger partial charge on any atom is -0.454 e. The number of fused-ring (bicyclic) bond motifs is 1. The summed E-state index contributed by atoms with van der Waals surface area (Å²) in [6.45, 7) is 5.13.